The first-order valence-electron chi connectivity index (χ1n) is 20.4. The highest BCUT2D eigenvalue weighted by atomic mass is 14.2. The molecule has 0 heterocycles. The Bertz CT molecular complexity index is 2320. The summed E-state index contributed by atoms with van der Waals surface area (Å²) in [6.45, 7) is 35.4. The van der Waals surface area contributed by atoms with Crippen LogP contribution in [0.3, 0.4) is 0 Å². The van der Waals surface area contributed by atoms with E-state index in [9.17, 15) is 0 Å². The predicted molar refractivity (Wildman–Crippen MR) is 251 cm³/mol. The predicted octanol–water partition coefficient (Wildman–Crippen LogP) is 14.2. The maximum Gasteiger partial charge on any atom is 0.0264 e. The molecular weight excluding hydrogens is 697 g/mol. The van der Waals surface area contributed by atoms with Crippen molar-refractivity contribution in [2.45, 2.75) is 132 Å². The van der Waals surface area contributed by atoms with Crippen LogP contribution in [0.5, 0.6) is 0 Å². The van der Waals surface area contributed by atoms with Crippen LogP contribution in [0.25, 0.3) is 22.3 Å². The van der Waals surface area contributed by atoms with Crippen LogP contribution in [0.1, 0.15) is 178 Å². The lowest BCUT2D eigenvalue weighted by atomic mass is 9.83. The standard InChI is InChI=1S/C58H60/c1-39-25-40(2)48-28-44(32-52(36-48)56(8,9)10)22-19-20-24-46-30-50(38-54(34-46)58(14,15)16)42(4)26-41(3)49-29-45(33-53(37-49)57(11,12)13)23-18-17-21-43-27-47(39)35-51(31-43)55(5,6)7/h27-38H,1-16H3. The van der Waals surface area contributed by atoms with Crippen molar-refractivity contribution < 1.29 is 0 Å². The van der Waals surface area contributed by atoms with E-state index in [0.29, 0.717) is 0 Å². The van der Waals surface area contributed by atoms with Crippen LogP contribution in [0, 0.1) is 47.4 Å². The van der Waals surface area contributed by atoms with Gasteiger partial charge < -0.3 is 0 Å². The van der Waals surface area contributed by atoms with Crippen molar-refractivity contribution in [3.63, 3.8) is 0 Å². The molecule has 0 atom stereocenters. The van der Waals surface area contributed by atoms with E-state index in [1.807, 2.05) is 0 Å². The number of hydrogen-bond donors (Lipinski definition) is 0. The third-order valence-corrected chi connectivity index (χ3v) is 10.6. The number of rotatable bonds is 0. The molecular formula is C58H60. The van der Waals surface area contributed by atoms with Crippen LogP contribution >= 0.6 is 0 Å². The van der Waals surface area contributed by atoms with E-state index in [2.05, 4.69) is 242 Å². The Hall–Kier alpha value is -5.84. The van der Waals surface area contributed by atoms with Gasteiger partial charge >= 0.3 is 0 Å². The van der Waals surface area contributed by atoms with E-state index in [0.717, 1.165) is 66.8 Å². The molecule has 0 saturated carbocycles. The van der Waals surface area contributed by atoms with Gasteiger partial charge in [-0.15, -0.1) is 11.5 Å². The van der Waals surface area contributed by atoms with Crippen LogP contribution in [-0.4, -0.2) is 0 Å². The Morgan fingerprint density at radius 2 is 0.466 bits per heavy atom. The average Bonchev–Trinajstić information content (AvgIpc) is 3.12. The fraction of sp³-hybridized carbons (Fsp3) is 0.345. The summed E-state index contributed by atoms with van der Waals surface area (Å²) in [6.07, 6.45) is 0. The van der Waals surface area contributed by atoms with Crippen LogP contribution < -0.4 is 0 Å². The molecule has 4 aromatic rings. The molecule has 0 N–H and O–H groups in total. The molecule has 1 aliphatic rings. The quantitative estimate of drug-likeness (QED) is 0.124. The molecule has 0 heteroatoms. The SMILES string of the molecule is CC1=C=C(C)c2cc(cc(C(C)(C)C)c2)C#CC#Cc2cc(cc(C(C)(C)C)c2)C(C)=C=C(C)c2cc(cc(C(C)(C)C)c2)C#CC#Cc2cc1cc(C(C)(C)C)c2. The van der Waals surface area contributed by atoms with E-state index in [1.54, 1.807) is 0 Å². The van der Waals surface area contributed by atoms with Crippen molar-refractivity contribution in [2.75, 3.05) is 0 Å². The number of hydrogen-bond acceptors (Lipinski definition) is 0. The van der Waals surface area contributed by atoms with Crippen molar-refractivity contribution in [3.8, 4) is 47.4 Å². The first-order valence-corrected chi connectivity index (χ1v) is 20.4. The second-order valence-electron chi connectivity index (χ2n) is 19.9. The fourth-order valence-electron chi connectivity index (χ4n) is 6.66. The maximum atomic E-state index is 3.74. The van der Waals surface area contributed by atoms with Crippen molar-refractivity contribution in [2.24, 2.45) is 0 Å². The summed E-state index contributed by atoms with van der Waals surface area (Å²) in [5.74, 6) is 26.3. The Morgan fingerprint density at radius 3 is 0.638 bits per heavy atom. The molecule has 292 valence electrons. The van der Waals surface area contributed by atoms with Gasteiger partial charge in [0.1, 0.15) is 0 Å². The molecule has 0 aromatic heterocycles. The van der Waals surface area contributed by atoms with E-state index in [1.165, 1.54) is 22.3 Å². The molecule has 0 unspecified atom stereocenters. The van der Waals surface area contributed by atoms with Crippen LogP contribution in [0.4, 0.5) is 0 Å². The third kappa shape index (κ3) is 11.2. The van der Waals surface area contributed by atoms with Gasteiger partial charge in [0, 0.05) is 22.3 Å². The summed E-state index contributed by atoms with van der Waals surface area (Å²) in [4.78, 5) is 0. The maximum absolute atomic E-state index is 3.74. The van der Waals surface area contributed by atoms with Gasteiger partial charge in [0.25, 0.3) is 0 Å². The summed E-state index contributed by atoms with van der Waals surface area (Å²) in [7, 11) is 0. The highest BCUT2D eigenvalue weighted by molar-refractivity contribution is 5.77. The lowest BCUT2D eigenvalue weighted by molar-refractivity contribution is 0.589. The minimum absolute atomic E-state index is 0.0615. The zero-order valence-electron chi connectivity index (χ0n) is 37.9. The molecule has 0 spiro atoms. The van der Waals surface area contributed by atoms with E-state index in [4.69, 9.17) is 0 Å². The monoisotopic (exact) mass is 756 g/mol. The van der Waals surface area contributed by atoms with Gasteiger partial charge in [0.05, 0.1) is 0 Å². The summed E-state index contributed by atoms with van der Waals surface area (Å²) in [5.41, 5.74) is 24.4. The fourth-order valence-corrected chi connectivity index (χ4v) is 6.66. The molecule has 0 aliphatic heterocycles. The molecule has 0 nitrogen and oxygen atoms in total. The molecule has 0 radical (unpaired) electrons. The van der Waals surface area contributed by atoms with Gasteiger partial charge in [-0.25, -0.2) is 0 Å². The average molecular weight is 757 g/mol. The topological polar surface area (TPSA) is 0 Å². The zero-order valence-corrected chi connectivity index (χ0v) is 37.9. The van der Waals surface area contributed by atoms with Crippen LogP contribution in [0.15, 0.2) is 84.3 Å². The van der Waals surface area contributed by atoms with Crippen molar-refractivity contribution in [3.05, 3.63) is 151 Å². The van der Waals surface area contributed by atoms with Gasteiger partial charge in [0.15, 0.2) is 0 Å². The van der Waals surface area contributed by atoms with Gasteiger partial charge in [-0.2, -0.15) is 0 Å². The van der Waals surface area contributed by atoms with E-state index < -0.39 is 0 Å². The Morgan fingerprint density at radius 1 is 0.276 bits per heavy atom. The Balaban J connectivity index is 1.83. The van der Waals surface area contributed by atoms with Gasteiger partial charge in [-0.3, -0.25) is 0 Å². The van der Waals surface area contributed by atoms with Crippen molar-refractivity contribution in [1.82, 2.24) is 0 Å². The third-order valence-electron chi connectivity index (χ3n) is 10.6. The highest BCUT2D eigenvalue weighted by Crippen LogP contribution is 2.32. The second-order valence-corrected chi connectivity index (χ2v) is 19.9. The number of fused-ring (bicyclic) bond motifs is 8. The minimum atomic E-state index is -0.0615. The summed E-state index contributed by atoms with van der Waals surface area (Å²) < 4.78 is 0. The Kier molecular flexibility index (Phi) is 12.4. The summed E-state index contributed by atoms with van der Waals surface area (Å²) in [6, 6.07) is 26.5. The molecule has 0 saturated heterocycles. The number of allylic oxidation sites excluding steroid dienone is 2. The first kappa shape index (κ1) is 43.3. The smallest absolute Gasteiger partial charge is 0.0264 e. The Labute approximate surface area is 351 Å². The van der Waals surface area contributed by atoms with Crippen molar-refractivity contribution in [1.29, 1.82) is 0 Å². The molecule has 58 heavy (non-hydrogen) atoms. The number of benzene rings is 4. The van der Waals surface area contributed by atoms with Crippen LogP contribution in [0.2, 0.25) is 0 Å². The second kappa shape index (κ2) is 16.6. The molecule has 4 aromatic carbocycles. The van der Waals surface area contributed by atoms with E-state index >= 15 is 0 Å². The first-order chi connectivity index (χ1) is 26.9. The molecule has 0 fully saturated rings. The summed E-state index contributed by atoms with van der Waals surface area (Å²) in [5, 5.41) is 0. The molecule has 5 rings (SSSR count). The van der Waals surface area contributed by atoms with E-state index in [-0.39, 0.29) is 21.7 Å². The largest absolute Gasteiger partial charge is 0.113 e. The summed E-state index contributed by atoms with van der Waals surface area (Å²) >= 11 is 0. The molecule has 8 bridgehead atoms. The van der Waals surface area contributed by atoms with Gasteiger partial charge in [-0.05, 0) is 188 Å². The normalized spacial score (nSPS) is 13.4. The molecule has 0 amide bonds. The van der Waals surface area contributed by atoms with Gasteiger partial charge in [0.2, 0.25) is 0 Å². The zero-order chi connectivity index (χ0) is 42.8. The lowest BCUT2D eigenvalue weighted by Crippen LogP contribution is -2.12. The van der Waals surface area contributed by atoms with Crippen LogP contribution in [-0.2, 0) is 21.7 Å². The highest BCUT2D eigenvalue weighted by Gasteiger charge is 2.19. The minimum Gasteiger partial charge on any atom is -0.113 e. The molecule has 1 aliphatic carbocycles. The lowest BCUT2D eigenvalue weighted by Gasteiger charge is -2.21. The van der Waals surface area contributed by atoms with Crippen molar-refractivity contribution >= 4 is 22.3 Å². The van der Waals surface area contributed by atoms with Gasteiger partial charge in [-0.1, -0.05) is 131 Å².